The molecule has 132 valence electrons. The molecule has 4 nitrogen and oxygen atoms in total. The summed E-state index contributed by atoms with van der Waals surface area (Å²) in [4.78, 5) is 11.6. The van der Waals surface area contributed by atoms with Gasteiger partial charge in [0.25, 0.3) is 0 Å². The van der Waals surface area contributed by atoms with Crippen LogP contribution in [0.2, 0.25) is 5.02 Å². The minimum absolute atomic E-state index is 0.0264. The van der Waals surface area contributed by atoms with E-state index in [9.17, 15) is 9.18 Å². The van der Waals surface area contributed by atoms with Gasteiger partial charge in [0, 0.05) is 25.4 Å². The molecule has 0 saturated carbocycles. The number of nitrogens with one attached hydrogen (secondary N) is 2. The molecular formula is C19H20ClFN2O2. The van der Waals surface area contributed by atoms with Crippen LogP contribution in [0.15, 0.2) is 36.4 Å². The van der Waals surface area contributed by atoms with Crippen LogP contribution in [0.5, 0.6) is 0 Å². The fourth-order valence-electron chi connectivity index (χ4n) is 3.14. The number of ether oxygens (including phenoxy) is 1. The van der Waals surface area contributed by atoms with E-state index < -0.39 is 0 Å². The van der Waals surface area contributed by atoms with Crippen LogP contribution in [0.25, 0.3) is 0 Å². The summed E-state index contributed by atoms with van der Waals surface area (Å²) < 4.78 is 18.4. The Bertz CT molecular complexity index is 782. The lowest BCUT2D eigenvalue weighted by Crippen LogP contribution is -2.19. The van der Waals surface area contributed by atoms with Crippen LogP contribution in [0.3, 0.4) is 0 Å². The summed E-state index contributed by atoms with van der Waals surface area (Å²) in [6.45, 7) is 0.672. The molecule has 2 aromatic carbocycles. The zero-order valence-electron chi connectivity index (χ0n) is 13.9. The molecule has 0 fully saturated rings. The molecule has 3 rings (SSSR count). The SMILES string of the molecule is COCC(=O)Nc1cccc(CNC2CCc3cc(F)c(Cl)cc32)c1. The van der Waals surface area contributed by atoms with Gasteiger partial charge in [-0.05, 0) is 53.8 Å². The van der Waals surface area contributed by atoms with Crippen molar-refractivity contribution in [1.82, 2.24) is 5.32 Å². The second kappa shape index (κ2) is 7.95. The van der Waals surface area contributed by atoms with Crippen molar-refractivity contribution in [1.29, 1.82) is 0 Å². The Balaban J connectivity index is 1.64. The zero-order chi connectivity index (χ0) is 17.8. The minimum atomic E-state index is -0.361. The fraction of sp³-hybridized carbons (Fsp3) is 0.316. The van der Waals surface area contributed by atoms with Gasteiger partial charge in [-0.15, -0.1) is 0 Å². The Morgan fingerprint density at radius 2 is 2.20 bits per heavy atom. The average molecular weight is 363 g/mol. The molecule has 1 amide bonds. The molecular weight excluding hydrogens is 343 g/mol. The monoisotopic (exact) mass is 362 g/mol. The van der Waals surface area contributed by atoms with Crippen molar-refractivity contribution in [3.05, 3.63) is 63.9 Å². The average Bonchev–Trinajstić information content (AvgIpc) is 2.96. The van der Waals surface area contributed by atoms with Crippen LogP contribution >= 0.6 is 11.6 Å². The van der Waals surface area contributed by atoms with Gasteiger partial charge in [-0.2, -0.15) is 0 Å². The van der Waals surface area contributed by atoms with E-state index in [4.69, 9.17) is 16.3 Å². The molecule has 2 N–H and O–H groups in total. The van der Waals surface area contributed by atoms with Crippen molar-refractivity contribution in [3.63, 3.8) is 0 Å². The predicted molar refractivity (Wildman–Crippen MR) is 96.3 cm³/mol. The van der Waals surface area contributed by atoms with E-state index in [1.807, 2.05) is 24.3 Å². The third-order valence-corrected chi connectivity index (χ3v) is 4.59. The number of hydrogen-bond acceptors (Lipinski definition) is 3. The number of benzene rings is 2. The molecule has 0 aromatic heterocycles. The molecule has 25 heavy (non-hydrogen) atoms. The zero-order valence-corrected chi connectivity index (χ0v) is 14.7. The van der Waals surface area contributed by atoms with Gasteiger partial charge in [-0.1, -0.05) is 23.7 Å². The Labute approximate surface area is 151 Å². The Kier molecular flexibility index (Phi) is 5.68. The molecule has 1 aliphatic carbocycles. The number of methoxy groups -OCH3 is 1. The third kappa shape index (κ3) is 4.37. The van der Waals surface area contributed by atoms with Crippen molar-refractivity contribution >= 4 is 23.2 Å². The smallest absolute Gasteiger partial charge is 0.250 e. The summed E-state index contributed by atoms with van der Waals surface area (Å²) in [7, 11) is 1.48. The Hall–Kier alpha value is -1.95. The van der Waals surface area contributed by atoms with Crippen molar-refractivity contribution in [2.45, 2.75) is 25.4 Å². The van der Waals surface area contributed by atoms with E-state index in [0.29, 0.717) is 6.54 Å². The van der Waals surface area contributed by atoms with Gasteiger partial charge in [0.15, 0.2) is 0 Å². The summed E-state index contributed by atoms with van der Waals surface area (Å²) in [5.74, 6) is -0.547. The first-order valence-corrected chi connectivity index (χ1v) is 8.53. The van der Waals surface area contributed by atoms with Gasteiger partial charge in [0.1, 0.15) is 12.4 Å². The first-order valence-electron chi connectivity index (χ1n) is 8.15. The predicted octanol–water partition coefficient (Wildman–Crippen LogP) is 3.84. The molecule has 0 heterocycles. The molecule has 1 aliphatic rings. The number of amides is 1. The second-order valence-corrected chi connectivity index (χ2v) is 6.53. The largest absolute Gasteiger partial charge is 0.375 e. The van der Waals surface area contributed by atoms with Gasteiger partial charge >= 0.3 is 0 Å². The van der Waals surface area contributed by atoms with E-state index in [2.05, 4.69) is 10.6 Å². The summed E-state index contributed by atoms with van der Waals surface area (Å²) >= 11 is 5.92. The van der Waals surface area contributed by atoms with Gasteiger partial charge < -0.3 is 15.4 Å². The highest BCUT2D eigenvalue weighted by Crippen LogP contribution is 2.34. The summed E-state index contributed by atoms with van der Waals surface area (Å²) in [5.41, 5.74) is 3.87. The number of hydrogen-bond donors (Lipinski definition) is 2. The molecule has 0 aliphatic heterocycles. The normalized spacial score (nSPS) is 15.9. The lowest BCUT2D eigenvalue weighted by molar-refractivity contribution is -0.119. The van der Waals surface area contributed by atoms with Crippen LogP contribution in [0.4, 0.5) is 10.1 Å². The maximum absolute atomic E-state index is 13.6. The quantitative estimate of drug-likeness (QED) is 0.820. The van der Waals surface area contributed by atoms with Gasteiger partial charge in [0.2, 0.25) is 5.91 Å². The first kappa shape index (κ1) is 17.9. The maximum Gasteiger partial charge on any atom is 0.250 e. The lowest BCUT2D eigenvalue weighted by Gasteiger charge is -2.15. The third-order valence-electron chi connectivity index (χ3n) is 4.30. The number of halogens is 2. The van der Waals surface area contributed by atoms with E-state index in [-0.39, 0.29) is 29.4 Å². The highest BCUT2D eigenvalue weighted by Gasteiger charge is 2.23. The number of anilines is 1. The molecule has 1 atom stereocenters. The van der Waals surface area contributed by atoms with E-state index >= 15 is 0 Å². The van der Waals surface area contributed by atoms with Crippen molar-refractivity contribution in [2.75, 3.05) is 19.0 Å². The second-order valence-electron chi connectivity index (χ2n) is 6.12. The maximum atomic E-state index is 13.6. The van der Waals surface area contributed by atoms with Crippen LogP contribution < -0.4 is 10.6 Å². The molecule has 6 heteroatoms. The van der Waals surface area contributed by atoms with E-state index in [0.717, 1.165) is 35.2 Å². The number of carbonyl (C=O) groups is 1. The first-order chi connectivity index (χ1) is 12.1. The number of rotatable bonds is 6. The Morgan fingerprint density at radius 1 is 1.36 bits per heavy atom. The summed E-state index contributed by atoms with van der Waals surface area (Å²) in [6, 6.07) is 11.1. The van der Waals surface area contributed by atoms with Crippen LogP contribution in [0, 0.1) is 5.82 Å². The van der Waals surface area contributed by atoms with Crippen molar-refractivity contribution in [2.24, 2.45) is 0 Å². The molecule has 0 radical (unpaired) electrons. The van der Waals surface area contributed by atoms with Crippen LogP contribution in [-0.4, -0.2) is 19.6 Å². The Morgan fingerprint density at radius 3 is 3.00 bits per heavy atom. The molecule has 0 spiro atoms. The van der Waals surface area contributed by atoms with Gasteiger partial charge in [0.05, 0.1) is 5.02 Å². The topological polar surface area (TPSA) is 50.4 Å². The van der Waals surface area contributed by atoms with Gasteiger partial charge in [-0.25, -0.2) is 4.39 Å². The number of fused-ring (bicyclic) bond motifs is 1. The molecule has 2 aromatic rings. The minimum Gasteiger partial charge on any atom is -0.375 e. The van der Waals surface area contributed by atoms with Crippen LogP contribution in [0.1, 0.15) is 29.2 Å². The van der Waals surface area contributed by atoms with E-state index in [1.54, 1.807) is 6.07 Å². The van der Waals surface area contributed by atoms with Gasteiger partial charge in [-0.3, -0.25) is 4.79 Å². The number of carbonyl (C=O) groups excluding carboxylic acids is 1. The molecule has 1 unspecified atom stereocenters. The highest BCUT2D eigenvalue weighted by molar-refractivity contribution is 6.30. The summed E-state index contributed by atoms with van der Waals surface area (Å²) in [6.07, 6.45) is 1.76. The fourth-order valence-corrected chi connectivity index (χ4v) is 3.31. The van der Waals surface area contributed by atoms with Crippen molar-refractivity contribution < 1.29 is 13.9 Å². The lowest BCUT2D eigenvalue weighted by atomic mass is 10.1. The molecule has 0 saturated heterocycles. The highest BCUT2D eigenvalue weighted by atomic mass is 35.5. The van der Waals surface area contributed by atoms with Crippen molar-refractivity contribution in [3.8, 4) is 0 Å². The standard InChI is InChI=1S/C19H20ClFN2O2/c1-25-11-19(24)23-14-4-2-3-12(7-14)10-22-18-6-5-13-8-17(21)16(20)9-15(13)18/h2-4,7-9,18,22H,5-6,10-11H2,1H3,(H,23,24). The van der Waals surface area contributed by atoms with Crippen LogP contribution in [-0.2, 0) is 22.5 Å². The van der Waals surface area contributed by atoms with E-state index in [1.165, 1.54) is 13.2 Å². The molecule has 0 bridgehead atoms. The summed E-state index contributed by atoms with van der Waals surface area (Å²) in [5, 5.41) is 6.44. The number of aryl methyl sites for hydroxylation is 1.